The van der Waals surface area contributed by atoms with E-state index < -0.39 is 0 Å². The van der Waals surface area contributed by atoms with Crippen LogP contribution in [0.1, 0.15) is 42.0 Å². The van der Waals surface area contributed by atoms with Crippen molar-refractivity contribution in [2.24, 2.45) is 11.8 Å². The Morgan fingerprint density at radius 2 is 2.00 bits per heavy atom. The maximum Gasteiger partial charge on any atom is 0.0488 e. The first kappa shape index (κ1) is 10.7. The molecule has 0 saturated heterocycles. The molecule has 15 heavy (non-hydrogen) atoms. The lowest BCUT2D eigenvalue weighted by atomic mass is 9.77. The molecule has 1 saturated carbocycles. The molecule has 1 aromatic rings. The van der Waals surface area contributed by atoms with Crippen LogP contribution in [0.2, 0.25) is 0 Å². The Labute approximate surface area is 91.8 Å². The predicted octanol–water partition coefficient (Wildman–Crippen LogP) is 2.61. The molecule has 0 radical (unpaired) electrons. The number of hydrogen-bond acceptors (Lipinski definition) is 2. The van der Waals surface area contributed by atoms with Gasteiger partial charge in [0.05, 0.1) is 0 Å². The van der Waals surface area contributed by atoms with Gasteiger partial charge in [-0.2, -0.15) is 0 Å². The Balaban J connectivity index is 2.21. The van der Waals surface area contributed by atoms with Gasteiger partial charge in [0.25, 0.3) is 0 Å². The number of benzene rings is 1. The fourth-order valence-electron chi connectivity index (χ4n) is 2.24. The van der Waals surface area contributed by atoms with E-state index in [1.165, 1.54) is 36.0 Å². The number of hydrazine groups is 1. The number of rotatable bonds is 3. The van der Waals surface area contributed by atoms with E-state index in [9.17, 15) is 0 Å². The van der Waals surface area contributed by atoms with E-state index in [1.54, 1.807) is 0 Å². The van der Waals surface area contributed by atoms with Gasteiger partial charge in [-0.15, -0.1) is 0 Å². The Morgan fingerprint density at radius 1 is 1.27 bits per heavy atom. The third kappa shape index (κ3) is 2.06. The lowest BCUT2D eigenvalue weighted by Gasteiger charge is -2.33. The highest BCUT2D eigenvalue weighted by molar-refractivity contribution is 5.32. The monoisotopic (exact) mass is 204 g/mol. The summed E-state index contributed by atoms with van der Waals surface area (Å²) < 4.78 is 0. The van der Waals surface area contributed by atoms with Crippen LogP contribution >= 0.6 is 0 Å². The van der Waals surface area contributed by atoms with Crippen LogP contribution in [-0.4, -0.2) is 0 Å². The molecule has 0 amide bonds. The molecule has 0 heterocycles. The van der Waals surface area contributed by atoms with Crippen molar-refractivity contribution in [1.82, 2.24) is 5.43 Å². The number of hydrogen-bond donors (Lipinski definition) is 2. The van der Waals surface area contributed by atoms with Gasteiger partial charge in [-0.05, 0) is 49.3 Å². The summed E-state index contributed by atoms with van der Waals surface area (Å²) in [7, 11) is 0. The molecule has 82 valence electrons. The van der Waals surface area contributed by atoms with Crippen molar-refractivity contribution in [3.8, 4) is 0 Å². The van der Waals surface area contributed by atoms with Crippen molar-refractivity contribution in [3.05, 3.63) is 34.9 Å². The van der Waals surface area contributed by atoms with Gasteiger partial charge in [0, 0.05) is 6.04 Å². The van der Waals surface area contributed by atoms with E-state index in [-0.39, 0.29) is 0 Å². The fraction of sp³-hybridized carbons (Fsp3) is 0.538. The molecular weight excluding hydrogens is 184 g/mol. The minimum atomic E-state index is 0.345. The maximum absolute atomic E-state index is 5.65. The highest BCUT2D eigenvalue weighted by atomic mass is 15.2. The Hall–Kier alpha value is -0.860. The van der Waals surface area contributed by atoms with E-state index in [1.807, 2.05) is 0 Å². The van der Waals surface area contributed by atoms with Gasteiger partial charge in [-0.1, -0.05) is 24.6 Å². The van der Waals surface area contributed by atoms with Crippen molar-refractivity contribution in [2.45, 2.75) is 39.2 Å². The first-order valence-corrected chi connectivity index (χ1v) is 5.75. The largest absolute Gasteiger partial charge is 0.271 e. The second kappa shape index (κ2) is 4.33. The lowest BCUT2D eigenvalue weighted by Crippen LogP contribution is -2.36. The zero-order valence-corrected chi connectivity index (χ0v) is 9.59. The molecule has 0 bridgehead atoms. The first-order valence-electron chi connectivity index (χ1n) is 5.75. The van der Waals surface area contributed by atoms with Crippen molar-refractivity contribution < 1.29 is 0 Å². The van der Waals surface area contributed by atoms with E-state index >= 15 is 0 Å². The van der Waals surface area contributed by atoms with Crippen LogP contribution in [0.3, 0.4) is 0 Å². The smallest absolute Gasteiger partial charge is 0.0488 e. The van der Waals surface area contributed by atoms with Gasteiger partial charge in [-0.25, -0.2) is 0 Å². The standard InChI is InChI=1S/C13H20N2/c1-9-6-7-12(8-10(9)2)13(15-14)11-4-3-5-11/h6-8,11,13,15H,3-5,14H2,1-2H3. The van der Waals surface area contributed by atoms with Gasteiger partial charge in [0.2, 0.25) is 0 Å². The zero-order valence-electron chi connectivity index (χ0n) is 9.59. The molecule has 1 aliphatic rings. The molecular formula is C13H20N2. The molecule has 0 spiro atoms. The molecule has 1 atom stereocenters. The summed E-state index contributed by atoms with van der Waals surface area (Å²) in [5, 5.41) is 0. The summed E-state index contributed by atoms with van der Waals surface area (Å²) in [5.41, 5.74) is 7.01. The van der Waals surface area contributed by atoms with Crippen molar-refractivity contribution in [2.75, 3.05) is 0 Å². The first-order chi connectivity index (χ1) is 7.22. The van der Waals surface area contributed by atoms with Gasteiger partial charge < -0.3 is 0 Å². The van der Waals surface area contributed by atoms with Crippen LogP contribution in [0.4, 0.5) is 0 Å². The number of nitrogens with one attached hydrogen (secondary N) is 1. The van der Waals surface area contributed by atoms with E-state index in [0.717, 1.165) is 5.92 Å². The molecule has 0 aliphatic heterocycles. The second-order valence-corrected chi connectivity index (χ2v) is 4.68. The third-order valence-corrected chi connectivity index (χ3v) is 3.69. The average molecular weight is 204 g/mol. The molecule has 2 nitrogen and oxygen atoms in total. The molecule has 1 fully saturated rings. The maximum atomic E-state index is 5.65. The molecule has 1 unspecified atom stereocenters. The Kier molecular flexibility index (Phi) is 3.08. The number of nitrogens with two attached hydrogens (primary N) is 1. The van der Waals surface area contributed by atoms with Gasteiger partial charge in [0.1, 0.15) is 0 Å². The minimum Gasteiger partial charge on any atom is -0.271 e. The number of aryl methyl sites for hydroxylation is 2. The van der Waals surface area contributed by atoms with Crippen LogP contribution < -0.4 is 11.3 Å². The molecule has 2 heteroatoms. The van der Waals surface area contributed by atoms with Crippen LogP contribution in [0.5, 0.6) is 0 Å². The molecule has 2 rings (SSSR count). The molecule has 0 aromatic heterocycles. The topological polar surface area (TPSA) is 38.0 Å². The zero-order chi connectivity index (χ0) is 10.8. The highest BCUT2D eigenvalue weighted by Crippen LogP contribution is 2.37. The van der Waals surface area contributed by atoms with Crippen molar-refractivity contribution in [3.63, 3.8) is 0 Å². The average Bonchev–Trinajstić information content (AvgIpc) is 2.16. The summed E-state index contributed by atoms with van der Waals surface area (Å²) in [6.45, 7) is 4.31. The predicted molar refractivity (Wildman–Crippen MR) is 63.3 cm³/mol. The van der Waals surface area contributed by atoms with E-state index in [2.05, 4.69) is 37.5 Å². The van der Waals surface area contributed by atoms with E-state index in [4.69, 9.17) is 5.84 Å². The van der Waals surface area contributed by atoms with Gasteiger partial charge in [-0.3, -0.25) is 11.3 Å². The normalized spacial score (nSPS) is 18.6. The van der Waals surface area contributed by atoms with E-state index in [0.29, 0.717) is 6.04 Å². The summed E-state index contributed by atoms with van der Waals surface area (Å²) in [4.78, 5) is 0. The quantitative estimate of drug-likeness (QED) is 0.586. The fourth-order valence-corrected chi connectivity index (χ4v) is 2.24. The summed E-state index contributed by atoms with van der Waals surface area (Å²) >= 11 is 0. The van der Waals surface area contributed by atoms with Gasteiger partial charge >= 0.3 is 0 Å². The van der Waals surface area contributed by atoms with Crippen LogP contribution in [0, 0.1) is 19.8 Å². The highest BCUT2D eigenvalue weighted by Gasteiger charge is 2.27. The summed E-state index contributed by atoms with van der Waals surface area (Å²) in [6, 6.07) is 7.00. The summed E-state index contributed by atoms with van der Waals surface area (Å²) in [5.74, 6) is 6.39. The molecule has 1 aliphatic carbocycles. The second-order valence-electron chi connectivity index (χ2n) is 4.68. The van der Waals surface area contributed by atoms with Crippen molar-refractivity contribution in [1.29, 1.82) is 0 Å². The van der Waals surface area contributed by atoms with Crippen LogP contribution in [0.15, 0.2) is 18.2 Å². The SMILES string of the molecule is Cc1ccc(C(NN)C2CCC2)cc1C. The third-order valence-electron chi connectivity index (χ3n) is 3.69. The Bertz CT molecular complexity index is 342. The molecule has 1 aromatic carbocycles. The minimum absolute atomic E-state index is 0.345. The summed E-state index contributed by atoms with van der Waals surface area (Å²) in [6.07, 6.45) is 3.97. The van der Waals surface area contributed by atoms with Gasteiger partial charge in [0.15, 0.2) is 0 Å². The van der Waals surface area contributed by atoms with Crippen LogP contribution in [-0.2, 0) is 0 Å². The lowest BCUT2D eigenvalue weighted by molar-refractivity contribution is 0.232. The molecule has 3 N–H and O–H groups in total. The van der Waals surface area contributed by atoms with Crippen LogP contribution in [0.25, 0.3) is 0 Å². The van der Waals surface area contributed by atoms with Crippen molar-refractivity contribution >= 4 is 0 Å². The Morgan fingerprint density at radius 3 is 2.47 bits per heavy atom.